The third kappa shape index (κ3) is 4.15. The number of hydrogen-bond donors (Lipinski definition) is 0. The Morgan fingerprint density at radius 2 is 2.05 bits per heavy atom. The van der Waals surface area contributed by atoms with E-state index in [1.807, 2.05) is 12.1 Å². The average molecular weight is 285 g/mol. The zero-order valence-electron chi connectivity index (χ0n) is 11.9. The van der Waals surface area contributed by atoms with Gasteiger partial charge < -0.3 is 9.47 Å². The standard InChI is InChI=1S/C15H21F2NO2/c1-11(18(2)10-14-4-3-9-19-14)12-5-7-13(8-6-12)20-15(16)17/h5-8,11,14-15H,3-4,9-10H2,1-2H3. The minimum Gasteiger partial charge on any atom is -0.435 e. The second-order valence-corrected chi connectivity index (χ2v) is 5.20. The number of halogens is 2. The van der Waals surface area contributed by atoms with Crippen molar-refractivity contribution in [2.45, 2.75) is 38.5 Å². The van der Waals surface area contributed by atoms with Crippen molar-refractivity contribution in [3.05, 3.63) is 29.8 Å². The largest absolute Gasteiger partial charge is 0.435 e. The van der Waals surface area contributed by atoms with Crippen LogP contribution in [0.2, 0.25) is 0 Å². The number of rotatable bonds is 6. The molecule has 20 heavy (non-hydrogen) atoms. The molecule has 0 saturated carbocycles. The summed E-state index contributed by atoms with van der Waals surface area (Å²) in [5.41, 5.74) is 1.08. The number of benzene rings is 1. The number of alkyl halides is 2. The second kappa shape index (κ2) is 6.99. The lowest BCUT2D eigenvalue weighted by Crippen LogP contribution is -2.31. The molecule has 2 atom stereocenters. The molecular formula is C15H21F2NO2. The molecule has 2 unspecified atom stereocenters. The smallest absolute Gasteiger partial charge is 0.387 e. The number of ether oxygens (including phenoxy) is 2. The highest BCUT2D eigenvalue weighted by molar-refractivity contribution is 5.29. The van der Waals surface area contributed by atoms with E-state index in [1.165, 1.54) is 0 Å². The minimum absolute atomic E-state index is 0.192. The molecule has 0 spiro atoms. The van der Waals surface area contributed by atoms with Gasteiger partial charge in [-0.3, -0.25) is 4.90 Å². The van der Waals surface area contributed by atoms with Gasteiger partial charge in [0.25, 0.3) is 0 Å². The van der Waals surface area contributed by atoms with Gasteiger partial charge in [-0.25, -0.2) is 0 Å². The zero-order chi connectivity index (χ0) is 14.5. The van der Waals surface area contributed by atoms with Gasteiger partial charge in [-0.15, -0.1) is 0 Å². The summed E-state index contributed by atoms with van der Waals surface area (Å²) in [6, 6.07) is 7.03. The van der Waals surface area contributed by atoms with Crippen LogP contribution in [0.3, 0.4) is 0 Å². The Hall–Kier alpha value is -1.20. The van der Waals surface area contributed by atoms with Crippen LogP contribution in [0.5, 0.6) is 5.75 Å². The molecular weight excluding hydrogens is 264 g/mol. The summed E-state index contributed by atoms with van der Waals surface area (Å²) in [5, 5.41) is 0. The third-order valence-corrected chi connectivity index (χ3v) is 3.76. The number of nitrogens with zero attached hydrogens (tertiary/aromatic N) is 1. The summed E-state index contributed by atoms with van der Waals surface area (Å²) < 4.78 is 34.2. The van der Waals surface area contributed by atoms with Crippen molar-refractivity contribution in [2.24, 2.45) is 0 Å². The van der Waals surface area contributed by atoms with Crippen LogP contribution in [-0.2, 0) is 4.74 Å². The van der Waals surface area contributed by atoms with Crippen LogP contribution in [0.25, 0.3) is 0 Å². The van der Waals surface area contributed by atoms with E-state index in [9.17, 15) is 8.78 Å². The Bertz CT molecular complexity index is 405. The van der Waals surface area contributed by atoms with Gasteiger partial charge in [-0.1, -0.05) is 12.1 Å². The van der Waals surface area contributed by atoms with E-state index in [0.717, 1.165) is 31.6 Å². The van der Waals surface area contributed by atoms with E-state index in [-0.39, 0.29) is 11.8 Å². The van der Waals surface area contributed by atoms with Gasteiger partial charge in [0, 0.05) is 19.2 Å². The lowest BCUT2D eigenvalue weighted by Gasteiger charge is -2.27. The molecule has 0 aromatic heterocycles. The fraction of sp³-hybridized carbons (Fsp3) is 0.600. The second-order valence-electron chi connectivity index (χ2n) is 5.20. The van der Waals surface area contributed by atoms with Crippen molar-refractivity contribution in [1.29, 1.82) is 0 Å². The van der Waals surface area contributed by atoms with E-state index < -0.39 is 6.61 Å². The Labute approximate surface area is 118 Å². The fourth-order valence-corrected chi connectivity index (χ4v) is 2.45. The Kier molecular flexibility index (Phi) is 5.31. The van der Waals surface area contributed by atoms with Crippen LogP contribution in [0.15, 0.2) is 24.3 Å². The topological polar surface area (TPSA) is 21.7 Å². The molecule has 1 fully saturated rings. The van der Waals surface area contributed by atoms with E-state index in [0.29, 0.717) is 6.10 Å². The maximum Gasteiger partial charge on any atom is 0.387 e. The maximum absolute atomic E-state index is 12.1. The Morgan fingerprint density at radius 1 is 1.35 bits per heavy atom. The van der Waals surface area contributed by atoms with Gasteiger partial charge in [-0.2, -0.15) is 8.78 Å². The first-order chi connectivity index (χ1) is 9.56. The fourth-order valence-electron chi connectivity index (χ4n) is 2.45. The molecule has 1 aliphatic heterocycles. The Morgan fingerprint density at radius 3 is 2.60 bits per heavy atom. The molecule has 3 nitrogen and oxygen atoms in total. The van der Waals surface area contributed by atoms with Crippen LogP contribution in [-0.4, -0.2) is 37.8 Å². The van der Waals surface area contributed by atoms with Gasteiger partial charge >= 0.3 is 6.61 Å². The summed E-state index contributed by atoms with van der Waals surface area (Å²) in [6.45, 7) is 1.06. The van der Waals surface area contributed by atoms with Gasteiger partial charge in [-0.05, 0) is 44.5 Å². The molecule has 5 heteroatoms. The number of hydrogen-bond acceptors (Lipinski definition) is 3. The van der Waals surface area contributed by atoms with Crippen molar-refractivity contribution < 1.29 is 18.3 Å². The van der Waals surface area contributed by atoms with E-state index in [1.54, 1.807) is 12.1 Å². The van der Waals surface area contributed by atoms with Crippen molar-refractivity contribution in [2.75, 3.05) is 20.2 Å². The van der Waals surface area contributed by atoms with Gasteiger partial charge in [0.15, 0.2) is 0 Å². The summed E-state index contributed by atoms with van der Waals surface area (Å²) in [6.07, 6.45) is 2.55. The normalized spacial score (nSPS) is 20.6. The van der Waals surface area contributed by atoms with Crippen LogP contribution in [0, 0.1) is 0 Å². The van der Waals surface area contributed by atoms with Crippen LogP contribution < -0.4 is 4.74 Å². The highest BCUT2D eigenvalue weighted by atomic mass is 19.3. The molecule has 112 valence electrons. The van der Waals surface area contributed by atoms with Gasteiger partial charge in [0.1, 0.15) is 5.75 Å². The predicted molar refractivity (Wildman–Crippen MR) is 73.1 cm³/mol. The van der Waals surface area contributed by atoms with E-state index in [2.05, 4.69) is 23.6 Å². The van der Waals surface area contributed by atoms with Gasteiger partial charge in [0.2, 0.25) is 0 Å². The SMILES string of the molecule is CC(c1ccc(OC(F)F)cc1)N(C)CC1CCCO1. The van der Waals surface area contributed by atoms with Crippen molar-refractivity contribution in [1.82, 2.24) is 4.90 Å². The van der Waals surface area contributed by atoms with Crippen molar-refractivity contribution in [3.63, 3.8) is 0 Å². The molecule has 0 bridgehead atoms. The first-order valence-corrected chi connectivity index (χ1v) is 6.93. The van der Waals surface area contributed by atoms with Crippen molar-refractivity contribution in [3.8, 4) is 5.75 Å². The summed E-state index contributed by atoms with van der Waals surface area (Å²) >= 11 is 0. The van der Waals surface area contributed by atoms with E-state index >= 15 is 0 Å². The molecule has 1 heterocycles. The zero-order valence-corrected chi connectivity index (χ0v) is 11.9. The first-order valence-electron chi connectivity index (χ1n) is 6.93. The highest BCUT2D eigenvalue weighted by Gasteiger charge is 2.20. The molecule has 0 aliphatic carbocycles. The van der Waals surface area contributed by atoms with Crippen LogP contribution in [0.4, 0.5) is 8.78 Å². The molecule has 0 amide bonds. The van der Waals surface area contributed by atoms with Crippen LogP contribution in [0.1, 0.15) is 31.4 Å². The lowest BCUT2D eigenvalue weighted by atomic mass is 10.1. The van der Waals surface area contributed by atoms with E-state index in [4.69, 9.17) is 4.74 Å². The quantitative estimate of drug-likeness (QED) is 0.799. The maximum atomic E-state index is 12.1. The minimum atomic E-state index is -2.78. The Balaban J connectivity index is 1.91. The first kappa shape index (κ1) is 15.2. The summed E-state index contributed by atoms with van der Waals surface area (Å²) in [7, 11) is 2.05. The van der Waals surface area contributed by atoms with Crippen LogP contribution >= 0.6 is 0 Å². The highest BCUT2D eigenvalue weighted by Crippen LogP contribution is 2.24. The third-order valence-electron chi connectivity index (χ3n) is 3.76. The predicted octanol–water partition coefficient (Wildman–Crippen LogP) is 3.46. The van der Waals surface area contributed by atoms with Gasteiger partial charge in [0.05, 0.1) is 6.10 Å². The molecule has 1 aromatic rings. The molecule has 0 N–H and O–H groups in total. The molecule has 1 aliphatic rings. The molecule has 0 radical (unpaired) electrons. The average Bonchev–Trinajstić information content (AvgIpc) is 2.91. The summed E-state index contributed by atoms with van der Waals surface area (Å²) in [4.78, 5) is 2.22. The molecule has 1 saturated heterocycles. The molecule has 2 rings (SSSR count). The summed E-state index contributed by atoms with van der Waals surface area (Å²) in [5.74, 6) is 0.192. The lowest BCUT2D eigenvalue weighted by molar-refractivity contribution is -0.0498. The number of likely N-dealkylation sites (N-methyl/N-ethyl adjacent to an activating group) is 1. The van der Waals surface area contributed by atoms with Crippen molar-refractivity contribution >= 4 is 0 Å². The monoisotopic (exact) mass is 285 g/mol. The molecule has 1 aromatic carbocycles.